The van der Waals surface area contributed by atoms with Gasteiger partial charge in [0.05, 0.1) is 6.54 Å². The summed E-state index contributed by atoms with van der Waals surface area (Å²) in [5, 5.41) is 6.90. The molecule has 226 valence electrons. The number of likely N-dealkylation sites (tertiary alicyclic amines) is 2. The van der Waals surface area contributed by atoms with E-state index in [9.17, 15) is 19.2 Å². The van der Waals surface area contributed by atoms with Crippen LogP contribution in [0.15, 0.2) is 57.9 Å². The zero-order valence-corrected chi connectivity index (χ0v) is 24.9. The molecule has 1 aromatic heterocycles. The number of guanidine groups is 1. The summed E-state index contributed by atoms with van der Waals surface area (Å²) >= 11 is 0. The van der Waals surface area contributed by atoms with Crippen molar-refractivity contribution in [3.63, 3.8) is 0 Å². The van der Waals surface area contributed by atoms with Crippen LogP contribution >= 0.6 is 0 Å². The van der Waals surface area contributed by atoms with Crippen molar-refractivity contribution in [3.05, 3.63) is 65.4 Å². The summed E-state index contributed by atoms with van der Waals surface area (Å²) in [7, 11) is 3.33. The number of amides is 4. The predicted molar refractivity (Wildman–Crippen MR) is 164 cm³/mol. The van der Waals surface area contributed by atoms with Crippen LogP contribution in [0.4, 0.5) is 5.69 Å². The lowest BCUT2D eigenvalue weighted by atomic mass is 10.1. The van der Waals surface area contributed by atoms with Crippen molar-refractivity contribution in [2.24, 2.45) is 4.99 Å². The molecule has 11 nitrogen and oxygen atoms in total. The van der Waals surface area contributed by atoms with Gasteiger partial charge in [0.15, 0.2) is 0 Å². The molecule has 11 heteroatoms. The lowest BCUT2D eigenvalue weighted by Crippen LogP contribution is -2.45. The van der Waals surface area contributed by atoms with Crippen molar-refractivity contribution in [1.82, 2.24) is 20.0 Å². The summed E-state index contributed by atoms with van der Waals surface area (Å²) in [4.78, 5) is 61.7. The Morgan fingerprint density at radius 3 is 2.37 bits per heavy atom. The van der Waals surface area contributed by atoms with Crippen LogP contribution in [0.25, 0.3) is 11.0 Å². The highest BCUT2D eigenvalue weighted by atomic mass is 16.3. The van der Waals surface area contributed by atoms with Crippen LogP contribution in [-0.4, -0.2) is 90.6 Å². The minimum atomic E-state index is -0.767. The third-order valence-electron chi connectivity index (χ3n) is 7.76. The van der Waals surface area contributed by atoms with Crippen LogP contribution in [0.2, 0.25) is 0 Å². The molecule has 0 radical (unpaired) electrons. The van der Waals surface area contributed by atoms with Crippen molar-refractivity contribution in [3.8, 4) is 0 Å². The number of anilines is 1. The zero-order valence-electron chi connectivity index (χ0n) is 24.9. The summed E-state index contributed by atoms with van der Waals surface area (Å²) in [6.45, 7) is 3.86. The number of nitrogens with zero attached hydrogens (tertiary/aromatic N) is 4. The van der Waals surface area contributed by atoms with Crippen molar-refractivity contribution >= 4 is 46.2 Å². The molecule has 2 aliphatic rings. The molecule has 3 heterocycles. The molecule has 4 amide bonds. The number of benzene rings is 2. The van der Waals surface area contributed by atoms with E-state index in [0.29, 0.717) is 29.8 Å². The first-order valence-corrected chi connectivity index (χ1v) is 14.7. The monoisotopic (exact) mass is 586 g/mol. The maximum atomic E-state index is 13.6. The first-order chi connectivity index (χ1) is 20.7. The number of furan rings is 1. The molecule has 2 saturated heterocycles. The number of rotatable bonds is 6. The van der Waals surface area contributed by atoms with Crippen LogP contribution in [0.1, 0.15) is 58.6 Å². The van der Waals surface area contributed by atoms with Gasteiger partial charge in [-0.2, -0.15) is 0 Å². The third kappa shape index (κ3) is 7.22. The highest BCUT2D eigenvalue weighted by Gasteiger charge is 2.30. The molecule has 3 aromatic rings. The van der Waals surface area contributed by atoms with E-state index in [0.717, 1.165) is 55.5 Å². The molecule has 1 atom stereocenters. The van der Waals surface area contributed by atoms with Crippen LogP contribution in [0.5, 0.6) is 0 Å². The number of fused-ring (bicyclic) bond motifs is 1. The van der Waals surface area contributed by atoms with E-state index in [1.807, 2.05) is 36.1 Å². The van der Waals surface area contributed by atoms with Crippen LogP contribution in [0.3, 0.4) is 0 Å². The van der Waals surface area contributed by atoms with E-state index >= 15 is 0 Å². The van der Waals surface area contributed by atoms with E-state index in [1.165, 1.54) is 4.90 Å². The molecule has 2 aliphatic heterocycles. The molecule has 1 unspecified atom stereocenters. The fourth-order valence-corrected chi connectivity index (χ4v) is 5.44. The standard InChI is InChI=1S/C32H38N6O5/c1-21-18-24-19-25(13-14-27(24)43-21)33-32(35-29(40)22-9-11-23(12-10-22)30(41)36(2)3)34-26-8-4-5-17-38(31(26)42)20-28(39)37-15-6-7-16-37/h9-14,18-19,26H,4-8,15-17,20H2,1-3H3,(H2,33,34,35,40). The second-order valence-corrected chi connectivity index (χ2v) is 11.3. The minimum Gasteiger partial charge on any atom is -0.461 e. The summed E-state index contributed by atoms with van der Waals surface area (Å²) in [5.41, 5.74) is 2.18. The molecule has 2 N–H and O–H groups in total. The minimum absolute atomic E-state index is 0.0362. The molecular weight excluding hydrogens is 548 g/mol. The number of carbonyl (C=O) groups is 4. The van der Waals surface area contributed by atoms with Gasteiger partial charge < -0.3 is 24.4 Å². The van der Waals surface area contributed by atoms with Gasteiger partial charge >= 0.3 is 0 Å². The number of carbonyl (C=O) groups excluding carboxylic acids is 4. The Balaban J connectivity index is 1.39. The van der Waals surface area contributed by atoms with E-state index in [4.69, 9.17) is 9.41 Å². The van der Waals surface area contributed by atoms with Crippen molar-refractivity contribution < 1.29 is 23.6 Å². The van der Waals surface area contributed by atoms with E-state index in [1.54, 1.807) is 43.3 Å². The maximum absolute atomic E-state index is 13.6. The first kappa shape index (κ1) is 29.8. The Morgan fingerprint density at radius 1 is 0.953 bits per heavy atom. The molecule has 43 heavy (non-hydrogen) atoms. The summed E-state index contributed by atoms with van der Waals surface area (Å²) in [5.74, 6) is 0.00759. The summed E-state index contributed by atoms with van der Waals surface area (Å²) in [6, 6.07) is 13.0. The van der Waals surface area contributed by atoms with Gasteiger partial charge in [0, 0.05) is 55.9 Å². The lowest BCUT2D eigenvalue weighted by molar-refractivity contribution is -0.140. The smallest absolute Gasteiger partial charge is 0.257 e. The average Bonchev–Trinajstić information content (AvgIpc) is 3.63. The fraction of sp³-hybridized carbons (Fsp3) is 0.406. The van der Waals surface area contributed by atoms with Crippen LogP contribution in [-0.2, 0) is 9.59 Å². The quantitative estimate of drug-likeness (QED) is 0.335. The first-order valence-electron chi connectivity index (χ1n) is 14.7. The zero-order chi connectivity index (χ0) is 30.5. The van der Waals surface area contributed by atoms with Gasteiger partial charge in [-0.3, -0.25) is 24.5 Å². The topological polar surface area (TPSA) is 128 Å². The summed E-state index contributed by atoms with van der Waals surface area (Å²) in [6.07, 6.45) is 4.00. The Kier molecular flexibility index (Phi) is 9.08. The SMILES string of the molecule is Cc1cc2cc(NC(=NC3CCCCN(CC(=O)N4CCCC4)C3=O)NC(=O)c3ccc(C(=O)N(C)C)cc3)ccc2o1. The van der Waals surface area contributed by atoms with Crippen molar-refractivity contribution in [1.29, 1.82) is 0 Å². The largest absolute Gasteiger partial charge is 0.461 e. The van der Waals surface area contributed by atoms with Gasteiger partial charge in [0.1, 0.15) is 17.4 Å². The van der Waals surface area contributed by atoms with Gasteiger partial charge in [-0.1, -0.05) is 0 Å². The summed E-state index contributed by atoms with van der Waals surface area (Å²) < 4.78 is 5.69. The normalized spacial score (nSPS) is 17.6. The molecular formula is C32H38N6O5. The third-order valence-corrected chi connectivity index (χ3v) is 7.76. The van der Waals surface area contributed by atoms with Crippen LogP contribution in [0, 0.1) is 6.92 Å². The number of nitrogens with one attached hydrogen (secondary N) is 2. The number of hydrogen-bond donors (Lipinski definition) is 2. The predicted octanol–water partition coefficient (Wildman–Crippen LogP) is 3.64. The van der Waals surface area contributed by atoms with Gasteiger partial charge in [-0.05, 0) is 87.6 Å². The second kappa shape index (κ2) is 13.1. The highest BCUT2D eigenvalue weighted by molar-refractivity contribution is 6.11. The number of aryl methyl sites for hydroxylation is 1. The molecule has 2 aromatic carbocycles. The van der Waals surface area contributed by atoms with Gasteiger partial charge in [0.25, 0.3) is 11.8 Å². The van der Waals surface area contributed by atoms with Crippen molar-refractivity contribution in [2.45, 2.75) is 45.1 Å². The second-order valence-electron chi connectivity index (χ2n) is 11.3. The van der Waals surface area contributed by atoms with Gasteiger partial charge in [-0.25, -0.2) is 4.99 Å². The molecule has 0 spiro atoms. The van der Waals surface area contributed by atoms with E-state index < -0.39 is 11.9 Å². The Morgan fingerprint density at radius 2 is 1.65 bits per heavy atom. The number of hydrogen-bond acceptors (Lipinski definition) is 6. The molecule has 0 saturated carbocycles. The fourth-order valence-electron chi connectivity index (χ4n) is 5.44. The van der Waals surface area contributed by atoms with Crippen molar-refractivity contribution in [2.75, 3.05) is 45.6 Å². The molecule has 0 aliphatic carbocycles. The van der Waals surface area contributed by atoms with E-state index in [2.05, 4.69) is 10.6 Å². The highest BCUT2D eigenvalue weighted by Crippen LogP contribution is 2.23. The Hall–Kier alpha value is -4.67. The molecule has 2 fully saturated rings. The molecule has 5 rings (SSSR count). The Bertz CT molecular complexity index is 1540. The Labute approximate surface area is 250 Å². The van der Waals surface area contributed by atoms with Gasteiger partial charge in [-0.15, -0.1) is 0 Å². The average molecular weight is 587 g/mol. The molecule has 0 bridgehead atoms. The van der Waals surface area contributed by atoms with Gasteiger partial charge in [0.2, 0.25) is 17.8 Å². The number of aliphatic imine (C=N–C) groups is 1. The van der Waals surface area contributed by atoms with Crippen LogP contribution < -0.4 is 10.6 Å². The van der Waals surface area contributed by atoms with E-state index in [-0.39, 0.29) is 30.2 Å². The maximum Gasteiger partial charge on any atom is 0.257 e. The lowest BCUT2D eigenvalue weighted by Gasteiger charge is -2.25.